The molecule has 0 bridgehead atoms. The van der Waals surface area contributed by atoms with Gasteiger partial charge in [0.1, 0.15) is 28.7 Å². The molecule has 0 unspecified atom stereocenters. The Balaban J connectivity index is 1.45. The molecule has 0 radical (unpaired) electrons. The predicted molar refractivity (Wildman–Crippen MR) is 157 cm³/mol. The van der Waals surface area contributed by atoms with Crippen LogP contribution in [0.5, 0.6) is 6.01 Å². The minimum Gasteiger partial charge on any atom is -0.467 e. The van der Waals surface area contributed by atoms with E-state index in [-0.39, 0.29) is 40.4 Å². The van der Waals surface area contributed by atoms with Gasteiger partial charge in [-0.05, 0) is 52.9 Å². The van der Waals surface area contributed by atoms with Crippen LogP contribution in [0.1, 0.15) is 36.3 Å². The summed E-state index contributed by atoms with van der Waals surface area (Å²) in [6.07, 6.45) is 10.7. The van der Waals surface area contributed by atoms with Gasteiger partial charge in [0.15, 0.2) is 11.6 Å². The number of likely N-dealkylation sites (tertiary alicyclic amines) is 1. The van der Waals surface area contributed by atoms with Gasteiger partial charge in [-0.1, -0.05) is 12.8 Å². The van der Waals surface area contributed by atoms with Crippen LogP contribution in [-0.4, -0.2) is 71.4 Å². The van der Waals surface area contributed by atoms with Gasteiger partial charge >= 0.3 is 6.01 Å². The van der Waals surface area contributed by atoms with E-state index in [1.54, 1.807) is 25.4 Å². The number of halogens is 2. The number of amides is 2. The Morgan fingerprint density at radius 3 is 2.58 bits per heavy atom. The number of Topliss-reactive ketones (excluding diaryl/α,β-unsaturated/α-hetero) is 1. The molecule has 4 aromatic rings. The zero-order valence-electron chi connectivity index (χ0n) is 23.6. The predicted octanol–water partition coefficient (Wildman–Crippen LogP) is 3.58. The average Bonchev–Trinajstić information content (AvgIpc) is 3.52. The lowest BCUT2D eigenvalue weighted by Crippen LogP contribution is -2.48. The molecule has 1 aliphatic heterocycles. The van der Waals surface area contributed by atoms with E-state index >= 15 is 0 Å². The summed E-state index contributed by atoms with van der Waals surface area (Å²) in [6, 6.07) is 1.55. The number of hydrogen-bond donors (Lipinski definition) is 1. The molecule has 12 nitrogen and oxygen atoms in total. The largest absolute Gasteiger partial charge is 0.467 e. The van der Waals surface area contributed by atoms with Crippen molar-refractivity contribution in [3.63, 3.8) is 0 Å². The van der Waals surface area contributed by atoms with E-state index in [2.05, 4.69) is 52.2 Å². The fraction of sp³-hybridized carbons (Fsp3) is 0.310. The van der Waals surface area contributed by atoms with Crippen LogP contribution in [0.2, 0.25) is 0 Å². The van der Waals surface area contributed by atoms with Gasteiger partial charge in [-0.3, -0.25) is 24.0 Å². The van der Waals surface area contributed by atoms with Gasteiger partial charge in [-0.15, -0.1) is 6.42 Å². The third kappa shape index (κ3) is 5.68. The van der Waals surface area contributed by atoms with Crippen molar-refractivity contribution in [3.05, 3.63) is 52.4 Å². The lowest BCUT2D eigenvalue weighted by Gasteiger charge is -2.28. The highest BCUT2D eigenvalue weighted by atomic mass is 79.9. The highest BCUT2D eigenvalue weighted by Gasteiger charge is 2.44. The normalized spacial score (nSPS) is 18.0. The van der Waals surface area contributed by atoms with Crippen molar-refractivity contribution in [1.29, 1.82) is 0 Å². The monoisotopic (exact) mass is 648 g/mol. The van der Waals surface area contributed by atoms with E-state index in [0.29, 0.717) is 34.1 Å². The average molecular weight is 649 g/mol. The zero-order chi connectivity index (χ0) is 31.0. The maximum atomic E-state index is 13.9. The summed E-state index contributed by atoms with van der Waals surface area (Å²) < 4.78 is 20.2. The summed E-state index contributed by atoms with van der Waals surface area (Å²) in [4.78, 5) is 57.9. The van der Waals surface area contributed by atoms with Crippen molar-refractivity contribution in [2.45, 2.75) is 45.8 Å². The number of nitrogens with one attached hydrogen (secondary N) is 1. The van der Waals surface area contributed by atoms with E-state index in [9.17, 15) is 18.8 Å². The Morgan fingerprint density at radius 1 is 1.21 bits per heavy atom. The van der Waals surface area contributed by atoms with Gasteiger partial charge in [0.25, 0.3) is 0 Å². The highest BCUT2D eigenvalue weighted by molar-refractivity contribution is 9.10. The second kappa shape index (κ2) is 11.8. The van der Waals surface area contributed by atoms with E-state index in [1.807, 2.05) is 6.92 Å². The minimum atomic E-state index is -0.914. The van der Waals surface area contributed by atoms with Gasteiger partial charge < -0.3 is 15.0 Å². The molecule has 14 heteroatoms. The maximum Gasteiger partial charge on any atom is 0.316 e. The van der Waals surface area contributed by atoms with Crippen LogP contribution in [-0.2, 0) is 16.1 Å². The number of terminal acetylenes is 1. The maximum absolute atomic E-state index is 13.9. The van der Waals surface area contributed by atoms with Crippen molar-refractivity contribution < 1.29 is 23.5 Å². The Kier molecular flexibility index (Phi) is 8.19. The van der Waals surface area contributed by atoms with Gasteiger partial charge in [0.05, 0.1) is 30.6 Å². The summed E-state index contributed by atoms with van der Waals surface area (Å²) in [5, 5.41) is 7.62. The molecule has 0 saturated carbocycles. The number of rotatable bonds is 7. The lowest BCUT2D eigenvalue weighted by molar-refractivity contribution is -0.138. The minimum absolute atomic E-state index is 0.0502. The van der Waals surface area contributed by atoms with Crippen molar-refractivity contribution in [2.75, 3.05) is 12.4 Å². The smallest absolute Gasteiger partial charge is 0.316 e. The third-order valence-corrected chi connectivity index (χ3v) is 7.81. The van der Waals surface area contributed by atoms with Crippen molar-refractivity contribution >= 4 is 50.2 Å². The van der Waals surface area contributed by atoms with E-state index in [0.717, 1.165) is 0 Å². The number of nitrogens with zero attached hydrogens (tertiary/aromatic N) is 7. The first-order valence-corrected chi connectivity index (χ1v) is 14.0. The van der Waals surface area contributed by atoms with Crippen molar-refractivity contribution in [3.8, 4) is 29.6 Å². The van der Waals surface area contributed by atoms with Crippen LogP contribution >= 0.6 is 15.9 Å². The molecule has 0 aliphatic carbocycles. The number of carbonyl (C=O) groups excluding carboxylic acids is 3. The Morgan fingerprint density at radius 2 is 1.93 bits per heavy atom. The summed E-state index contributed by atoms with van der Waals surface area (Å²) in [5.74, 6) is 0.774. The molecule has 2 amide bonds. The van der Waals surface area contributed by atoms with E-state index < -0.39 is 29.7 Å². The molecule has 0 aromatic carbocycles. The van der Waals surface area contributed by atoms with Crippen LogP contribution < -0.4 is 10.1 Å². The molecule has 3 atom stereocenters. The van der Waals surface area contributed by atoms with E-state index in [1.165, 1.54) is 35.9 Å². The third-order valence-electron chi connectivity index (χ3n) is 7.26. The second-order valence-electron chi connectivity index (χ2n) is 10.2. The molecular weight excluding hydrogens is 623 g/mol. The number of fused-ring (bicyclic) bond motifs is 1. The lowest BCUT2D eigenvalue weighted by atomic mass is 10.0. The molecular formula is C29H26BrFN8O4. The molecule has 1 fully saturated rings. The molecule has 1 aliphatic rings. The van der Waals surface area contributed by atoms with Crippen molar-refractivity contribution in [2.24, 2.45) is 5.92 Å². The Hall–Kier alpha value is -4.77. The number of methoxy groups -OCH3 is 1. The fourth-order valence-corrected chi connectivity index (χ4v) is 5.42. The molecule has 0 spiro atoms. The van der Waals surface area contributed by atoms with Crippen LogP contribution in [0.4, 0.5) is 10.2 Å². The number of aromatic nitrogens is 6. The fourth-order valence-electron chi connectivity index (χ4n) is 5.13. The Labute approximate surface area is 254 Å². The molecule has 220 valence electrons. The quantitative estimate of drug-likeness (QED) is 0.180. The number of pyridine rings is 2. The number of hydrogen-bond acceptors (Lipinski definition) is 9. The number of anilines is 1. The molecule has 4 aromatic heterocycles. The summed E-state index contributed by atoms with van der Waals surface area (Å²) in [7, 11) is 1.46. The number of aryl methyl sites for hydroxylation is 1. The van der Waals surface area contributed by atoms with Crippen LogP contribution in [0.3, 0.4) is 0 Å². The highest BCUT2D eigenvalue weighted by Crippen LogP contribution is 2.32. The second-order valence-corrected chi connectivity index (χ2v) is 10.9. The standard InChI is InChI=1S/C29H26BrFN8O4/c1-6-21-14(2)8-22(28(42)36-27-15(3)7-19(31)26(30)35-27)39(21)24(41)13-38-23-12-32-20(9-18(23)25(37-38)16(4)40)17-10-33-29(43-5)34-11-17/h1,7,9-12,14,21-22H,8,13H2,2-5H3,(H,35,36,42)/t14-,21+,22-/m0/s1. The van der Waals surface area contributed by atoms with Gasteiger partial charge in [-0.25, -0.2) is 19.3 Å². The summed E-state index contributed by atoms with van der Waals surface area (Å²) in [6.45, 7) is 4.55. The summed E-state index contributed by atoms with van der Waals surface area (Å²) in [5.41, 5.74) is 2.10. The molecule has 5 rings (SSSR count). The van der Waals surface area contributed by atoms with Crippen LogP contribution in [0, 0.1) is 31.0 Å². The van der Waals surface area contributed by atoms with Gasteiger partial charge in [0, 0.05) is 30.3 Å². The van der Waals surface area contributed by atoms with Crippen LogP contribution in [0.15, 0.2) is 35.3 Å². The van der Waals surface area contributed by atoms with Crippen LogP contribution in [0.25, 0.3) is 22.2 Å². The van der Waals surface area contributed by atoms with Gasteiger partial charge in [-0.2, -0.15) is 5.10 Å². The first-order chi connectivity index (χ1) is 20.5. The first kappa shape index (κ1) is 29.7. The summed E-state index contributed by atoms with van der Waals surface area (Å²) >= 11 is 3.03. The number of carbonyl (C=O) groups is 3. The molecule has 5 heterocycles. The molecule has 1 saturated heterocycles. The topological polar surface area (TPSA) is 145 Å². The van der Waals surface area contributed by atoms with E-state index in [4.69, 9.17) is 11.2 Å². The zero-order valence-corrected chi connectivity index (χ0v) is 25.2. The molecule has 1 N–H and O–H groups in total. The van der Waals surface area contributed by atoms with Crippen molar-refractivity contribution in [1.82, 2.24) is 34.6 Å². The number of ether oxygens (including phenoxy) is 1. The number of ketones is 1. The first-order valence-electron chi connectivity index (χ1n) is 13.2. The van der Waals surface area contributed by atoms with Gasteiger partial charge in [0.2, 0.25) is 11.8 Å². The molecule has 43 heavy (non-hydrogen) atoms. The Bertz CT molecular complexity index is 1800. The SMILES string of the molecule is C#C[C@@H]1[C@@H](C)C[C@@H](C(=O)Nc2nc(Br)c(F)cc2C)N1C(=O)Cn1nc(C(C)=O)c2cc(-c3cnc(OC)nc3)ncc21.